The molecule has 0 radical (unpaired) electrons. The van der Waals surface area contributed by atoms with Gasteiger partial charge in [-0.3, -0.25) is 9.59 Å². The maximum absolute atomic E-state index is 12.2. The van der Waals surface area contributed by atoms with Crippen molar-refractivity contribution in [2.75, 3.05) is 11.9 Å². The maximum atomic E-state index is 12.2. The number of anilines is 1. The second kappa shape index (κ2) is 8.70. The Balaban J connectivity index is 1.55. The van der Waals surface area contributed by atoms with Crippen LogP contribution in [0.3, 0.4) is 0 Å². The van der Waals surface area contributed by atoms with E-state index in [4.69, 9.17) is 4.74 Å². The van der Waals surface area contributed by atoms with Crippen LogP contribution in [-0.4, -0.2) is 29.3 Å². The van der Waals surface area contributed by atoms with Crippen molar-refractivity contribution in [2.24, 2.45) is 0 Å². The van der Waals surface area contributed by atoms with Crippen molar-refractivity contribution in [3.8, 4) is 10.6 Å². The van der Waals surface area contributed by atoms with Crippen LogP contribution in [-0.2, 0) is 9.53 Å². The Morgan fingerprint density at radius 2 is 1.89 bits per heavy atom. The molecule has 0 bridgehead atoms. The molecule has 0 fully saturated rings. The molecule has 0 unspecified atom stereocenters. The smallest absolute Gasteiger partial charge is 0.358 e. The van der Waals surface area contributed by atoms with E-state index in [9.17, 15) is 14.4 Å². The number of aromatic nitrogens is 1. The number of Topliss-reactive ketones (excluding diaryl/α,β-unsaturated/α-hetero) is 1. The monoisotopic (exact) mass is 400 g/mol. The number of carbonyl (C=O) groups is 3. The van der Waals surface area contributed by atoms with Crippen LogP contribution >= 0.6 is 22.7 Å². The van der Waals surface area contributed by atoms with Gasteiger partial charge in [0.1, 0.15) is 5.01 Å². The molecule has 138 valence electrons. The summed E-state index contributed by atoms with van der Waals surface area (Å²) in [4.78, 5) is 39.9. The molecule has 8 heteroatoms. The minimum Gasteiger partial charge on any atom is -0.453 e. The predicted octanol–water partition coefficient (Wildman–Crippen LogP) is 4.26. The van der Waals surface area contributed by atoms with Crippen molar-refractivity contribution >= 4 is 46.0 Å². The van der Waals surface area contributed by atoms with Crippen LogP contribution in [0.15, 0.2) is 46.5 Å². The van der Waals surface area contributed by atoms with Gasteiger partial charge in [0.05, 0.1) is 0 Å². The van der Waals surface area contributed by atoms with Crippen LogP contribution in [0.2, 0.25) is 0 Å². The van der Waals surface area contributed by atoms with Crippen molar-refractivity contribution in [1.29, 1.82) is 0 Å². The van der Waals surface area contributed by atoms with Gasteiger partial charge in [-0.05, 0) is 35.7 Å². The number of ketones is 1. The van der Waals surface area contributed by atoms with E-state index in [0.29, 0.717) is 17.7 Å². The highest BCUT2D eigenvalue weighted by atomic mass is 32.1. The highest BCUT2D eigenvalue weighted by molar-refractivity contribution is 7.14. The summed E-state index contributed by atoms with van der Waals surface area (Å²) in [6.45, 7) is 1.39. The molecule has 1 aromatic carbocycles. The van der Waals surface area contributed by atoms with E-state index in [1.165, 1.54) is 11.3 Å². The summed E-state index contributed by atoms with van der Waals surface area (Å²) < 4.78 is 5.08. The maximum Gasteiger partial charge on any atom is 0.358 e. The number of amides is 1. The average Bonchev–Trinajstić information content (AvgIpc) is 3.37. The summed E-state index contributed by atoms with van der Waals surface area (Å²) in [7, 11) is 0. The van der Waals surface area contributed by atoms with Gasteiger partial charge in [-0.15, -0.1) is 11.3 Å². The fraction of sp³-hybridized carbons (Fsp3) is 0.158. The molecule has 3 rings (SSSR count). The van der Waals surface area contributed by atoms with Crippen molar-refractivity contribution in [2.45, 2.75) is 13.3 Å². The lowest BCUT2D eigenvalue weighted by molar-refractivity contribution is -0.115. The minimum absolute atomic E-state index is 0.104. The van der Waals surface area contributed by atoms with Crippen molar-refractivity contribution in [1.82, 2.24) is 4.98 Å². The second-order valence-corrected chi connectivity index (χ2v) is 7.17. The molecular weight excluding hydrogens is 384 g/mol. The highest BCUT2D eigenvalue weighted by Crippen LogP contribution is 2.25. The van der Waals surface area contributed by atoms with Crippen LogP contribution in [0.1, 0.15) is 34.2 Å². The zero-order chi connectivity index (χ0) is 19.2. The molecule has 2 heterocycles. The molecular formula is C19H16N2O4S2. The SMILES string of the molecule is CCC(=O)Nc1ccc(C(=O)COC(=O)c2csc(-c3ccsc3)n2)cc1. The molecule has 0 aliphatic rings. The molecule has 0 saturated heterocycles. The first-order valence-electron chi connectivity index (χ1n) is 8.15. The number of thiophene rings is 1. The number of benzene rings is 1. The van der Waals surface area contributed by atoms with E-state index in [1.807, 2.05) is 16.8 Å². The summed E-state index contributed by atoms with van der Waals surface area (Å²) in [5, 5.41) is 8.94. The van der Waals surface area contributed by atoms with Gasteiger partial charge >= 0.3 is 5.97 Å². The minimum atomic E-state index is -0.632. The van der Waals surface area contributed by atoms with Gasteiger partial charge in [-0.1, -0.05) is 6.92 Å². The van der Waals surface area contributed by atoms with E-state index >= 15 is 0 Å². The Hall–Kier alpha value is -2.84. The zero-order valence-corrected chi connectivity index (χ0v) is 16.1. The molecule has 1 N–H and O–H groups in total. The summed E-state index contributed by atoms with van der Waals surface area (Å²) in [6, 6.07) is 8.36. The van der Waals surface area contributed by atoms with Gasteiger partial charge in [0.25, 0.3) is 0 Å². The van der Waals surface area contributed by atoms with Crippen LogP contribution in [0, 0.1) is 0 Å². The third-order valence-corrected chi connectivity index (χ3v) is 5.20. The molecule has 1 amide bonds. The Bertz CT molecular complexity index is 947. The number of hydrogen-bond acceptors (Lipinski definition) is 7. The predicted molar refractivity (Wildman–Crippen MR) is 105 cm³/mol. The van der Waals surface area contributed by atoms with Crippen LogP contribution in [0.25, 0.3) is 10.6 Å². The number of nitrogens with zero attached hydrogens (tertiary/aromatic N) is 1. The summed E-state index contributed by atoms with van der Waals surface area (Å²) in [6.07, 6.45) is 0.376. The largest absolute Gasteiger partial charge is 0.453 e. The van der Waals surface area contributed by atoms with Crippen LogP contribution in [0.4, 0.5) is 5.69 Å². The first-order valence-corrected chi connectivity index (χ1v) is 9.97. The molecule has 0 aliphatic carbocycles. The number of carbonyl (C=O) groups excluding carboxylic acids is 3. The Morgan fingerprint density at radius 1 is 1.11 bits per heavy atom. The van der Waals surface area contributed by atoms with Gasteiger partial charge in [-0.2, -0.15) is 11.3 Å². The Kier molecular flexibility index (Phi) is 6.10. The van der Waals surface area contributed by atoms with E-state index < -0.39 is 5.97 Å². The van der Waals surface area contributed by atoms with Crippen LogP contribution in [0.5, 0.6) is 0 Å². The first kappa shape index (κ1) is 18.9. The van der Waals surface area contributed by atoms with Gasteiger partial charge in [0.15, 0.2) is 18.1 Å². The number of esters is 1. The van der Waals surface area contributed by atoms with E-state index in [2.05, 4.69) is 10.3 Å². The number of thiazole rings is 1. The van der Waals surface area contributed by atoms with E-state index in [1.54, 1.807) is 47.9 Å². The molecule has 0 spiro atoms. The number of ether oxygens (including phenoxy) is 1. The average molecular weight is 400 g/mol. The molecule has 0 saturated carbocycles. The number of nitrogens with one attached hydrogen (secondary N) is 1. The lowest BCUT2D eigenvalue weighted by Crippen LogP contribution is -2.15. The van der Waals surface area contributed by atoms with Gasteiger partial charge in [0.2, 0.25) is 5.91 Å². The lowest BCUT2D eigenvalue weighted by Gasteiger charge is -2.05. The molecule has 0 aliphatic heterocycles. The van der Waals surface area contributed by atoms with Crippen molar-refractivity contribution in [3.63, 3.8) is 0 Å². The topological polar surface area (TPSA) is 85.4 Å². The molecule has 2 aromatic heterocycles. The molecule has 3 aromatic rings. The van der Waals surface area contributed by atoms with Gasteiger partial charge < -0.3 is 10.1 Å². The van der Waals surface area contributed by atoms with Gasteiger partial charge in [0, 0.05) is 34.0 Å². The molecule has 0 atom stereocenters. The second-order valence-electron chi connectivity index (χ2n) is 5.53. The lowest BCUT2D eigenvalue weighted by atomic mass is 10.1. The van der Waals surface area contributed by atoms with Gasteiger partial charge in [-0.25, -0.2) is 9.78 Å². The van der Waals surface area contributed by atoms with Crippen LogP contribution < -0.4 is 5.32 Å². The number of rotatable bonds is 7. The third kappa shape index (κ3) is 4.87. The van der Waals surface area contributed by atoms with Crippen molar-refractivity contribution < 1.29 is 19.1 Å². The first-order chi connectivity index (χ1) is 13.1. The fourth-order valence-corrected chi connectivity index (χ4v) is 3.66. The van der Waals surface area contributed by atoms with E-state index in [0.717, 1.165) is 10.6 Å². The molecule has 6 nitrogen and oxygen atoms in total. The van der Waals surface area contributed by atoms with E-state index in [-0.39, 0.29) is 24.0 Å². The highest BCUT2D eigenvalue weighted by Gasteiger charge is 2.16. The normalized spacial score (nSPS) is 10.4. The zero-order valence-electron chi connectivity index (χ0n) is 14.4. The summed E-state index contributed by atoms with van der Waals surface area (Å²) >= 11 is 2.90. The fourth-order valence-electron chi connectivity index (χ4n) is 2.16. The van der Waals surface area contributed by atoms with Crippen molar-refractivity contribution in [3.05, 3.63) is 57.7 Å². The molecule has 27 heavy (non-hydrogen) atoms. The quantitative estimate of drug-likeness (QED) is 0.473. The summed E-state index contributed by atoms with van der Waals surface area (Å²) in [5.41, 5.74) is 2.15. The Morgan fingerprint density at radius 3 is 2.56 bits per heavy atom. The standard InChI is InChI=1S/C19H16N2O4S2/c1-2-17(23)20-14-5-3-12(4-6-14)16(22)9-25-19(24)15-11-27-18(21-15)13-7-8-26-10-13/h3-8,10-11H,2,9H2,1H3,(H,20,23). The number of hydrogen-bond donors (Lipinski definition) is 1. The third-order valence-electron chi connectivity index (χ3n) is 3.63. The Labute approximate surface area is 163 Å². The summed E-state index contributed by atoms with van der Waals surface area (Å²) in [5.74, 6) is -1.06.